The Bertz CT molecular complexity index is 1250. The molecule has 0 saturated carbocycles. The van der Waals surface area contributed by atoms with E-state index in [0.29, 0.717) is 34.2 Å². The molecular weight excluding hydrogens is 506 g/mol. The van der Waals surface area contributed by atoms with Crippen molar-refractivity contribution in [1.29, 1.82) is 0 Å². The summed E-state index contributed by atoms with van der Waals surface area (Å²) >= 11 is 9.49. The van der Waals surface area contributed by atoms with Crippen molar-refractivity contribution >= 4 is 50.7 Å². The zero-order valence-corrected chi connectivity index (χ0v) is 20.4. The van der Waals surface area contributed by atoms with Gasteiger partial charge in [-0.2, -0.15) is 0 Å². The molecule has 3 aromatic carbocycles. The van der Waals surface area contributed by atoms with E-state index >= 15 is 0 Å². The highest BCUT2D eigenvalue weighted by Crippen LogP contribution is 2.43. The van der Waals surface area contributed by atoms with Crippen LogP contribution < -0.4 is 9.64 Å². The number of nitrogens with zero attached hydrogens (tertiary/aromatic N) is 1. The predicted molar refractivity (Wildman–Crippen MR) is 133 cm³/mol. The van der Waals surface area contributed by atoms with Gasteiger partial charge in [-0.25, -0.2) is 0 Å². The number of aliphatic hydroxyl groups excluding tert-OH is 1. The number of carbonyl (C=O) groups excluding carboxylic acids is 2. The second kappa shape index (κ2) is 9.41. The first-order valence-electron chi connectivity index (χ1n) is 10.4. The van der Waals surface area contributed by atoms with E-state index in [1.165, 1.54) is 4.90 Å². The van der Waals surface area contributed by atoms with E-state index in [2.05, 4.69) is 15.9 Å². The molecule has 0 bridgehead atoms. The van der Waals surface area contributed by atoms with E-state index in [9.17, 15) is 14.7 Å². The molecule has 4 rings (SSSR count). The fraction of sp³-hybridized carbons (Fsp3) is 0.154. The number of halogens is 2. The van der Waals surface area contributed by atoms with Crippen LogP contribution in [0.5, 0.6) is 5.75 Å². The van der Waals surface area contributed by atoms with Crippen LogP contribution in [0.3, 0.4) is 0 Å². The van der Waals surface area contributed by atoms with Crippen molar-refractivity contribution in [3.05, 3.63) is 98.5 Å². The molecule has 3 aromatic rings. The van der Waals surface area contributed by atoms with E-state index in [1.807, 2.05) is 19.9 Å². The summed E-state index contributed by atoms with van der Waals surface area (Å²) in [5.74, 6) is -1.04. The van der Waals surface area contributed by atoms with Gasteiger partial charge in [0.05, 0.1) is 18.2 Å². The largest absolute Gasteiger partial charge is 0.507 e. The number of hydrogen-bond donors (Lipinski definition) is 1. The molecule has 1 amide bonds. The Morgan fingerprint density at radius 2 is 1.73 bits per heavy atom. The number of anilines is 1. The average Bonchev–Trinajstić information content (AvgIpc) is 3.07. The van der Waals surface area contributed by atoms with Crippen LogP contribution in [0.15, 0.2) is 76.8 Å². The molecule has 0 aromatic heterocycles. The van der Waals surface area contributed by atoms with Gasteiger partial charge in [-0.1, -0.05) is 45.7 Å². The minimum Gasteiger partial charge on any atom is -0.507 e. The zero-order chi connectivity index (χ0) is 23.7. The Hall–Kier alpha value is -3.09. The van der Waals surface area contributed by atoms with Crippen molar-refractivity contribution in [3.8, 4) is 5.75 Å². The maximum absolute atomic E-state index is 13.2. The summed E-state index contributed by atoms with van der Waals surface area (Å²) in [6, 6.07) is 18.3. The number of benzene rings is 3. The summed E-state index contributed by atoms with van der Waals surface area (Å²) in [6.07, 6.45) is 0. The first-order chi connectivity index (χ1) is 15.8. The Morgan fingerprint density at radius 1 is 1.06 bits per heavy atom. The number of hydrogen-bond acceptors (Lipinski definition) is 4. The van der Waals surface area contributed by atoms with Gasteiger partial charge in [-0.15, -0.1) is 0 Å². The molecule has 0 aliphatic carbocycles. The monoisotopic (exact) mass is 525 g/mol. The number of carbonyl (C=O) groups is 2. The van der Waals surface area contributed by atoms with E-state index in [4.69, 9.17) is 16.3 Å². The summed E-state index contributed by atoms with van der Waals surface area (Å²) in [5, 5.41) is 11.6. The number of aryl methyl sites for hydroxylation is 1. The fourth-order valence-corrected chi connectivity index (χ4v) is 4.31. The lowest BCUT2D eigenvalue weighted by Gasteiger charge is -2.26. The molecule has 0 radical (unpaired) electrons. The standard InChI is InChI=1S/C26H21BrClNO4/c1-3-33-20-12-7-16(8-13-20)23-22(24(30)17-5-9-18(28)10-6-17)25(31)26(32)29(23)19-11-4-15(2)21(27)14-19/h4-14,23,30H,3H2,1-2H3. The third kappa shape index (κ3) is 4.41. The van der Waals surface area contributed by atoms with E-state index in [-0.39, 0.29) is 11.3 Å². The van der Waals surface area contributed by atoms with Crippen LogP contribution in [0.1, 0.15) is 29.7 Å². The Labute approximate surface area is 205 Å². The second-order valence-electron chi connectivity index (χ2n) is 7.61. The third-order valence-corrected chi connectivity index (χ3v) is 6.61. The number of aliphatic hydroxyl groups is 1. The lowest BCUT2D eigenvalue weighted by atomic mass is 9.95. The molecule has 1 saturated heterocycles. The van der Waals surface area contributed by atoms with Crippen LogP contribution in [0.25, 0.3) is 5.76 Å². The molecule has 168 valence electrons. The summed E-state index contributed by atoms with van der Waals surface area (Å²) in [5.41, 5.74) is 2.63. The minimum absolute atomic E-state index is 0.0168. The molecular formula is C26H21BrClNO4. The van der Waals surface area contributed by atoms with Gasteiger partial charge < -0.3 is 9.84 Å². The first-order valence-corrected chi connectivity index (χ1v) is 11.5. The molecule has 0 spiro atoms. The van der Waals surface area contributed by atoms with Crippen LogP contribution in [0.4, 0.5) is 5.69 Å². The van der Waals surface area contributed by atoms with Crippen LogP contribution in [0.2, 0.25) is 5.02 Å². The SMILES string of the molecule is CCOc1ccc(C2C(=C(O)c3ccc(Cl)cc3)C(=O)C(=O)N2c2ccc(C)c(Br)c2)cc1. The maximum atomic E-state index is 13.2. The highest BCUT2D eigenvalue weighted by atomic mass is 79.9. The van der Waals surface area contributed by atoms with E-state index in [0.717, 1.165) is 10.0 Å². The van der Waals surface area contributed by atoms with Crippen LogP contribution >= 0.6 is 27.5 Å². The molecule has 5 nitrogen and oxygen atoms in total. The molecule has 33 heavy (non-hydrogen) atoms. The van der Waals surface area contributed by atoms with Gasteiger partial charge in [0.2, 0.25) is 0 Å². The number of Topliss-reactive ketones (excluding diaryl/α,β-unsaturated/α-hetero) is 1. The molecule has 1 unspecified atom stereocenters. The lowest BCUT2D eigenvalue weighted by molar-refractivity contribution is -0.132. The number of amides is 1. The lowest BCUT2D eigenvalue weighted by Crippen LogP contribution is -2.29. The molecule has 1 fully saturated rings. The van der Waals surface area contributed by atoms with Crippen molar-refractivity contribution < 1.29 is 19.4 Å². The minimum atomic E-state index is -0.814. The van der Waals surface area contributed by atoms with Crippen molar-refractivity contribution in [2.45, 2.75) is 19.9 Å². The molecule has 7 heteroatoms. The van der Waals surface area contributed by atoms with E-state index in [1.54, 1.807) is 60.7 Å². The molecule has 1 atom stereocenters. The molecule has 1 aliphatic rings. The van der Waals surface area contributed by atoms with Crippen molar-refractivity contribution in [2.75, 3.05) is 11.5 Å². The van der Waals surface area contributed by atoms with Gasteiger partial charge in [0.15, 0.2) is 0 Å². The van der Waals surface area contributed by atoms with Gasteiger partial charge in [0.1, 0.15) is 11.5 Å². The maximum Gasteiger partial charge on any atom is 0.300 e. The molecule has 1 aliphatic heterocycles. The molecule has 1 heterocycles. The quantitative estimate of drug-likeness (QED) is 0.236. The second-order valence-corrected chi connectivity index (χ2v) is 8.90. The van der Waals surface area contributed by atoms with Gasteiger partial charge in [0, 0.05) is 20.7 Å². The summed E-state index contributed by atoms with van der Waals surface area (Å²) in [6.45, 7) is 4.35. The summed E-state index contributed by atoms with van der Waals surface area (Å²) in [7, 11) is 0. The van der Waals surface area contributed by atoms with Crippen LogP contribution in [-0.4, -0.2) is 23.4 Å². The van der Waals surface area contributed by atoms with Crippen LogP contribution in [-0.2, 0) is 9.59 Å². The topological polar surface area (TPSA) is 66.8 Å². The van der Waals surface area contributed by atoms with Crippen molar-refractivity contribution in [1.82, 2.24) is 0 Å². The third-order valence-electron chi connectivity index (χ3n) is 5.50. The van der Waals surface area contributed by atoms with Crippen LogP contribution in [0, 0.1) is 6.92 Å². The van der Waals surface area contributed by atoms with Gasteiger partial charge >= 0.3 is 0 Å². The Kier molecular flexibility index (Phi) is 6.58. The van der Waals surface area contributed by atoms with E-state index < -0.39 is 17.7 Å². The number of rotatable bonds is 5. The van der Waals surface area contributed by atoms with Crippen molar-refractivity contribution in [3.63, 3.8) is 0 Å². The molecule has 1 N–H and O–H groups in total. The highest BCUT2D eigenvalue weighted by Gasteiger charge is 2.47. The normalized spacial score (nSPS) is 17.5. The average molecular weight is 527 g/mol. The first kappa shape index (κ1) is 23.1. The predicted octanol–water partition coefficient (Wildman–Crippen LogP) is 6.44. The summed E-state index contributed by atoms with van der Waals surface area (Å²) < 4.78 is 6.34. The van der Waals surface area contributed by atoms with Gasteiger partial charge in [-0.3, -0.25) is 14.5 Å². The number of ketones is 1. The Morgan fingerprint density at radius 3 is 2.33 bits per heavy atom. The smallest absolute Gasteiger partial charge is 0.300 e. The number of ether oxygens (including phenoxy) is 1. The summed E-state index contributed by atoms with van der Waals surface area (Å²) in [4.78, 5) is 27.8. The highest BCUT2D eigenvalue weighted by molar-refractivity contribution is 9.10. The fourth-order valence-electron chi connectivity index (χ4n) is 3.82. The van der Waals surface area contributed by atoms with Gasteiger partial charge in [0.25, 0.3) is 11.7 Å². The van der Waals surface area contributed by atoms with Gasteiger partial charge in [-0.05, 0) is 73.5 Å². The zero-order valence-electron chi connectivity index (χ0n) is 18.0. The van der Waals surface area contributed by atoms with Crippen molar-refractivity contribution in [2.24, 2.45) is 0 Å². The Balaban J connectivity index is 1.91.